The van der Waals surface area contributed by atoms with Gasteiger partial charge in [0.05, 0.1) is 16.3 Å². The zero-order valence-electron chi connectivity index (χ0n) is 14.7. The van der Waals surface area contributed by atoms with E-state index in [1.807, 2.05) is 0 Å². The molecule has 2 aromatic rings. The molecule has 0 fully saturated rings. The summed E-state index contributed by atoms with van der Waals surface area (Å²) in [6, 6.07) is 11.6. The summed E-state index contributed by atoms with van der Waals surface area (Å²) in [4.78, 5) is 12.2. The van der Waals surface area contributed by atoms with E-state index in [1.54, 1.807) is 6.07 Å². The molecule has 1 amide bonds. The number of nitrogens with one attached hydrogen (secondary N) is 1. The average Bonchev–Trinajstić information content (AvgIpc) is 2.60. The number of benzene rings is 2. The predicted molar refractivity (Wildman–Crippen MR) is 104 cm³/mol. The van der Waals surface area contributed by atoms with E-state index in [1.165, 1.54) is 56.6 Å². The van der Waals surface area contributed by atoms with Gasteiger partial charge in [-0.1, -0.05) is 23.7 Å². The Balaban J connectivity index is 2.12. The van der Waals surface area contributed by atoms with Gasteiger partial charge in [0.1, 0.15) is 4.90 Å². The predicted octanol–water partition coefficient (Wildman–Crippen LogP) is 2.39. The largest absolute Gasteiger partial charge is 0.325 e. The molecule has 0 bridgehead atoms. The Morgan fingerprint density at radius 1 is 1.00 bits per heavy atom. The summed E-state index contributed by atoms with van der Waals surface area (Å²) in [6.07, 6.45) is -0.318. The quantitative estimate of drug-likeness (QED) is 0.726. The molecule has 0 aromatic heterocycles. The van der Waals surface area contributed by atoms with Gasteiger partial charge < -0.3 is 5.32 Å². The fraction of sp³-hybridized carbons (Fsp3) is 0.235. The van der Waals surface area contributed by atoms with E-state index in [9.17, 15) is 21.6 Å². The molecule has 0 saturated heterocycles. The van der Waals surface area contributed by atoms with Gasteiger partial charge in [-0.05, 0) is 36.4 Å². The molecule has 0 heterocycles. The number of sulfonamides is 1. The highest BCUT2D eigenvalue weighted by Crippen LogP contribution is 2.23. The summed E-state index contributed by atoms with van der Waals surface area (Å²) in [6.45, 7) is 0. The van der Waals surface area contributed by atoms with E-state index in [0.29, 0.717) is 5.02 Å². The summed E-state index contributed by atoms with van der Waals surface area (Å²) in [5, 5.41) is 2.88. The van der Waals surface area contributed by atoms with E-state index in [2.05, 4.69) is 5.32 Å². The number of anilines is 1. The Labute approximate surface area is 163 Å². The molecule has 10 heteroatoms. The van der Waals surface area contributed by atoms with Crippen LogP contribution in [0.2, 0.25) is 5.02 Å². The van der Waals surface area contributed by atoms with Crippen molar-refractivity contribution in [1.82, 2.24) is 4.31 Å². The minimum absolute atomic E-state index is 0.0651. The Morgan fingerprint density at radius 2 is 1.59 bits per heavy atom. The van der Waals surface area contributed by atoms with E-state index in [4.69, 9.17) is 11.6 Å². The molecule has 1 N–H and O–H groups in total. The number of sulfone groups is 1. The van der Waals surface area contributed by atoms with Gasteiger partial charge >= 0.3 is 0 Å². The van der Waals surface area contributed by atoms with E-state index < -0.39 is 31.5 Å². The number of amides is 1. The topological polar surface area (TPSA) is 101 Å². The van der Waals surface area contributed by atoms with Crippen LogP contribution in [0.5, 0.6) is 0 Å². The van der Waals surface area contributed by atoms with Crippen molar-refractivity contribution in [2.45, 2.75) is 16.2 Å². The van der Waals surface area contributed by atoms with Crippen LogP contribution >= 0.6 is 11.6 Å². The first-order chi connectivity index (χ1) is 12.5. The second-order valence-electron chi connectivity index (χ2n) is 5.85. The number of hydrogen-bond acceptors (Lipinski definition) is 5. The Hall–Kier alpha value is -1.94. The lowest BCUT2D eigenvalue weighted by Crippen LogP contribution is -2.24. The third-order valence-electron chi connectivity index (χ3n) is 3.69. The molecule has 0 aliphatic rings. The summed E-state index contributed by atoms with van der Waals surface area (Å²) in [5.74, 6) is -1.02. The van der Waals surface area contributed by atoms with Crippen molar-refractivity contribution in [3.05, 3.63) is 53.6 Å². The molecule has 0 atom stereocenters. The minimum Gasteiger partial charge on any atom is -0.325 e. The monoisotopic (exact) mass is 430 g/mol. The van der Waals surface area contributed by atoms with Crippen LogP contribution in [0.25, 0.3) is 0 Å². The van der Waals surface area contributed by atoms with Crippen molar-refractivity contribution in [1.29, 1.82) is 0 Å². The summed E-state index contributed by atoms with van der Waals surface area (Å²) in [7, 11) is -4.65. The second-order valence-corrected chi connectivity index (χ2v) is 10.5. The van der Waals surface area contributed by atoms with Crippen LogP contribution in [0.3, 0.4) is 0 Å². The summed E-state index contributed by atoms with van der Waals surface area (Å²) >= 11 is 5.74. The molecule has 2 rings (SSSR count). The Kier molecular flexibility index (Phi) is 6.63. The Morgan fingerprint density at radius 3 is 2.19 bits per heavy atom. The molecule has 2 aromatic carbocycles. The highest BCUT2D eigenvalue weighted by atomic mass is 35.5. The number of nitrogens with zero attached hydrogens (tertiary/aromatic N) is 1. The average molecular weight is 431 g/mol. The molecular formula is C17H19ClN2O5S2. The van der Waals surface area contributed by atoms with E-state index >= 15 is 0 Å². The highest BCUT2D eigenvalue weighted by molar-refractivity contribution is 7.91. The molecule has 7 nitrogen and oxygen atoms in total. The Bertz CT molecular complexity index is 1030. The molecular weight excluding hydrogens is 412 g/mol. The molecule has 0 saturated carbocycles. The minimum atomic E-state index is -3.76. The second kappa shape index (κ2) is 8.39. The standard InChI is InChI=1S/C17H19ClN2O5S2/c1-20(2)27(24,25)16-6-4-3-5-15(16)19-17(21)11-12-26(22,23)14-9-7-13(18)8-10-14/h3-10H,11-12H2,1-2H3,(H,19,21). The number of halogens is 1. The zero-order chi connectivity index (χ0) is 20.2. The molecule has 0 aliphatic carbocycles. The summed E-state index contributed by atoms with van der Waals surface area (Å²) in [5.41, 5.74) is 0.0973. The van der Waals surface area contributed by atoms with Gasteiger partial charge in [-0.3, -0.25) is 4.79 Å². The lowest BCUT2D eigenvalue weighted by Gasteiger charge is -2.15. The smallest absolute Gasteiger partial charge is 0.244 e. The van der Waals surface area contributed by atoms with Crippen LogP contribution in [0.4, 0.5) is 5.69 Å². The molecule has 0 radical (unpaired) electrons. The van der Waals surface area contributed by atoms with Gasteiger partial charge in [-0.15, -0.1) is 0 Å². The normalized spacial score (nSPS) is 12.1. The van der Waals surface area contributed by atoms with Gasteiger partial charge in [0, 0.05) is 25.5 Å². The first-order valence-corrected chi connectivity index (χ1v) is 11.3. The van der Waals surface area contributed by atoms with Crippen molar-refractivity contribution < 1.29 is 21.6 Å². The van der Waals surface area contributed by atoms with Crippen LogP contribution in [-0.4, -0.2) is 46.9 Å². The zero-order valence-corrected chi connectivity index (χ0v) is 17.1. The van der Waals surface area contributed by atoms with Crippen LogP contribution in [0, 0.1) is 0 Å². The van der Waals surface area contributed by atoms with Gasteiger partial charge in [-0.25, -0.2) is 21.1 Å². The lowest BCUT2D eigenvalue weighted by molar-refractivity contribution is -0.115. The van der Waals surface area contributed by atoms with Crippen molar-refractivity contribution in [2.75, 3.05) is 25.2 Å². The lowest BCUT2D eigenvalue weighted by atomic mass is 10.3. The van der Waals surface area contributed by atoms with Crippen molar-refractivity contribution >= 4 is 43.1 Å². The first kappa shape index (κ1) is 21.4. The van der Waals surface area contributed by atoms with Crippen molar-refractivity contribution in [3.63, 3.8) is 0 Å². The van der Waals surface area contributed by atoms with Gasteiger partial charge in [0.25, 0.3) is 0 Å². The number of hydrogen-bond donors (Lipinski definition) is 1. The van der Waals surface area contributed by atoms with Crippen LogP contribution < -0.4 is 5.32 Å². The fourth-order valence-corrected chi connectivity index (χ4v) is 4.60. The number of para-hydroxylation sites is 1. The molecule has 0 spiro atoms. The van der Waals surface area contributed by atoms with Gasteiger partial charge in [0.15, 0.2) is 9.84 Å². The SMILES string of the molecule is CN(C)S(=O)(=O)c1ccccc1NC(=O)CCS(=O)(=O)c1ccc(Cl)cc1. The van der Waals surface area contributed by atoms with E-state index in [0.717, 1.165) is 4.31 Å². The maximum atomic E-state index is 12.3. The first-order valence-electron chi connectivity index (χ1n) is 7.84. The number of carbonyl (C=O) groups is 1. The number of rotatable bonds is 7. The third-order valence-corrected chi connectivity index (χ3v) is 7.55. The number of carbonyl (C=O) groups excluding carboxylic acids is 1. The van der Waals surface area contributed by atoms with Gasteiger partial charge in [0.2, 0.25) is 15.9 Å². The maximum absolute atomic E-state index is 12.3. The maximum Gasteiger partial charge on any atom is 0.244 e. The summed E-state index contributed by atoms with van der Waals surface area (Å²) < 4.78 is 50.3. The van der Waals surface area contributed by atoms with E-state index in [-0.39, 0.29) is 21.9 Å². The van der Waals surface area contributed by atoms with Crippen LogP contribution in [-0.2, 0) is 24.7 Å². The van der Waals surface area contributed by atoms with Crippen molar-refractivity contribution in [3.8, 4) is 0 Å². The third kappa shape index (κ3) is 5.29. The molecule has 0 aliphatic heterocycles. The molecule has 27 heavy (non-hydrogen) atoms. The van der Waals surface area contributed by atoms with Crippen molar-refractivity contribution in [2.24, 2.45) is 0 Å². The highest BCUT2D eigenvalue weighted by Gasteiger charge is 2.22. The molecule has 0 unspecified atom stereocenters. The molecule has 146 valence electrons. The van der Waals surface area contributed by atoms with Crippen LogP contribution in [0.15, 0.2) is 58.3 Å². The van der Waals surface area contributed by atoms with Crippen LogP contribution in [0.1, 0.15) is 6.42 Å². The van der Waals surface area contributed by atoms with Gasteiger partial charge in [-0.2, -0.15) is 0 Å². The fourth-order valence-electron chi connectivity index (χ4n) is 2.19.